The summed E-state index contributed by atoms with van der Waals surface area (Å²) in [5.41, 5.74) is 6.06. The van der Waals surface area contributed by atoms with Gasteiger partial charge in [-0.15, -0.1) is 0 Å². The Kier molecular flexibility index (Phi) is 4.85. The van der Waals surface area contributed by atoms with E-state index in [1.807, 2.05) is 18.2 Å². The molecule has 0 aliphatic carbocycles. The van der Waals surface area contributed by atoms with Gasteiger partial charge in [0, 0.05) is 8.95 Å². The van der Waals surface area contributed by atoms with Gasteiger partial charge in [-0.05, 0) is 29.9 Å². The van der Waals surface area contributed by atoms with Crippen molar-refractivity contribution in [1.82, 2.24) is 5.01 Å². The molecule has 0 saturated heterocycles. The van der Waals surface area contributed by atoms with Gasteiger partial charge in [-0.1, -0.05) is 37.9 Å². The van der Waals surface area contributed by atoms with Crippen molar-refractivity contribution in [3.63, 3.8) is 0 Å². The Morgan fingerprint density at radius 1 is 1.44 bits per heavy atom. The van der Waals surface area contributed by atoms with E-state index < -0.39 is 0 Å². The molecule has 0 aliphatic heterocycles. The summed E-state index contributed by atoms with van der Waals surface area (Å²) < 4.78 is 1.75. The molecule has 0 saturated carbocycles. The number of nitrogens with two attached hydrogens (primary N) is 2. The summed E-state index contributed by atoms with van der Waals surface area (Å²) >= 11 is 11.3. The molecule has 1 rings (SSSR count). The summed E-state index contributed by atoms with van der Waals surface area (Å²) in [6.07, 6.45) is 0.141. The first kappa shape index (κ1) is 13.6. The number of halogens is 2. The third-order valence-corrected chi connectivity index (χ3v) is 3.29. The second-order valence-corrected chi connectivity index (χ2v) is 5.20. The molecule has 0 atom stereocenters. The van der Waals surface area contributed by atoms with Crippen LogP contribution in [-0.4, -0.2) is 16.0 Å². The Balaban J connectivity index is 2.81. The second-order valence-electron chi connectivity index (χ2n) is 3.01. The highest BCUT2D eigenvalue weighted by Gasteiger charge is 2.14. The maximum atomic E-state index is 11.6. The molecule has 4 nitrogen and oxygen atoms in total. The van der Waals surface area contributed by atoms with Crippen LogP contribution in [-0.2, 0) is 11.2 Å². The van der Waals surface area contributed by atoms with Gasteiger partial charge in [-0.2, -0.15) is 0 Å². The fraction of sp³-hybridized carbons (Fsp3) is 0.111. The monoisotopic (exact) mass is 365 g/mol. The Labute approximate surface area is 115 Å². The number of amides is 1. The molecule has 0 spiro atoms. The van der Waals surface area contributed by atoms with Crippen molar-refractivity contribution < 1.29 is 4.79 Å². The molecule has 86 valence electrons. The van der Waals surface area contributed by atoms with Crippen molar-refractivity contribution in [1.29, 1.82) is 0 Å². The van der Waals surface area contributed by atoms with E-state index in [2.05, 4.69) is 44.1 Å². The molecule has 0 bridgehead atoms. The van der Waals surface area contributed by atoms with E-state index in [9.17, 15) is 4.79 Å². The van der Waals surface area contributed by atoms with Gasteiger partial charge < -0.3 is 5.73 Å². The number of benzene rings is 1. The maximum absolute atomic E-state index is 11.6. The minimum atomic E-state index is -0.351. The smallest absolute Gasteiger partial charge is 0.247 e. The Hall–Kier alpha value is -0.500. The minimum absolute atomic E-state index is 0.141. The zero-order valence-electron chi connectivity index (χ0n) is 8.11. The highest BCUT2D eigenvalue weighted by atomic mass is 79.9. The first-order valence-electron chi connectivity index (χ1n) is 4.23. The molecule has 1 aromatic carbocycles. The van der Waals surface area contributed by atoms with Crippen LogP contribution in [0.3, 0.4) is 0 Å². The van der Waals surface area contributed by atoms with Crippen LogP contribution in [0.15, 0.2) is 27.1 Å². The van der Waals surface area contributed by atoms with E-state index in [1.165, 1.54) is 0 Å². The number of hydrogen-bond donors (Lipinski definition) is 2. The van der Waals surface area contributed by atoms with Crippen molar-refractivity contribution in [3.8, 4) is 0 Å². The van der Waals surface area contributed by atoms with E-state index in [-0.39, 0.29) is 17.4 Å². The number of hydrazine groups is 1. The van der Waals surface area contributed by atoms with Gasteiger partial charge in [-0.3, -0.25) is 4.79 Å². The van der Waals surface area contributed by atoms with Crippen LogP contribution in [0, 0.1) is 0 Å². The molecule has 0 aromatic heterocycles. The van der Waals surface area contributed by atoms with Gasteiger partial charge >= 0.3 is 0 Å². The molecule has 1 amide bonds. The lowest BCUT2D eigenvalue weighted by Gasteiger charge is -2.14. The predicted octanol–water partition coefficient (Wildman–Crippen LogP) is 1.70. The summed E-state index contributed by atoms with van der Waals surface area (Å²) in [7, 11) is 0. The summed E-state index contributed by atoms with van der Waals surface area (Å²) in [4.78, 5) is 11.6. The van der Waals surface area contributed by atoms with Crippen LogP contribution in [0.5, 0.6) is 0 Å². The number of thiocarbonyl (C=S) groups is 1. The maximum Gasteiger partial charge on any atom is 0.247 e. The van der Waals surface area contributed by atoms with E-state index in [0.29, 0.717) is 0 Å². The molecule has 4 N–H and O–H groups in total. The normalized spacial score (nSPS) is 9.94. The Morgan fingerprint density at radius 3 is 2.56 bits per heavy atom. The lowest BCUT2D eigenvalue weighted by atomic mass is 10.1. The van der Waals surface area contributed by atoms with Gasteiger partial charge in [0.05, 0.1) is 6.42 Å². The molecule has 0 aliphatic rings. The van der Waals surface area contributed by atoms with Crippen molar-refractivity contribution in [2.75, 3.05) is 0 Å². The zero-order chi connectivity index (χ0) is 12.3. The lowest BCUT2D eigenvalue weighted by molar-refractivity contribution is -0.126. The quantitative estimate of drug-likeness (QED) is 0.361. The highest BCUT2D eigenvalue weighted by molar-refractivity contribution is 9.11. The molecule has 16 heavy (non-hydrogen) atoms. The first-order chi connectivity index (χ1) is 7.41. The SMILES string of the molecule is NC(=S)N(N)C(=O)Cc1ccc(Br)cc1Br. The van der Waals surface area contributed by atoms with E-state index >= 15 is 0 Å². The number of carbonyl (C=O) groups is 1. The number of nitrogens with zero attached hydrogens (tertiary/aromatic N) is 1. The largest absolute Gasteiger partial charge is 0.375 e. The third kappa shape index (κ3) is 3.51. The summed E-state index contributed by atoms with van der Waals surface area (Å²) in [5, 5.41) is 0.627. The van der Waals surface area contributed by atoms with Gasteiger partial charge in [0.1, 0.15) is 0 Å². The zero-order valence-corrected chi connectivity index (χ0v) is 12.1. The van der Waals surface area contributed by atoms with Crippen LogP contribution in [0.1, 0.15) is 5.56 Å². The van der Waals surface area contributed by atoms with E-state index in [1.54, 1.807) is 0 Å². The standard InChI is InChI=1S/C9H9Br2N3OS/c10-6-2-1-5(7(11)4-6)3-8(15)14(13)9(12)16/h1-2,4H,3,13H2,(H2,12,16). The molecular formula is C9H9Br2N3OS. The number of hydrogen-bond acceptors (Lipinski definition) is 3. The first-order valence-corrected chi connectivity index (χ1v) is 6.22. The molecule has 0 radical (unpaired) electrons. The predicted molar refractivity (Wildman–Crippen MR) is 73.4 cm³/mol. The highest BCUT2D eigenvalue weighted by Crippen LogP contribution is 2.22. The molecule has 7 heteroatoms. The van der Waals surface area contributed by atoms with E-state index in [4.69, 9.17) is 11.6 Å². The number of carbonyl (C=O) groups excluding carboxylic acids is 1. The topological polar surface area (TPSA) is 72.3 Å². The Morgan fingerprint density at radius 2 is 2.06 bits per heavy atom. The molecule has 0 unspecified atom stereocenters. The van der Waals surface area contributed by atoms with Crippen molar-refractivity contribution in [2.24, 2.45) is 11.6 Å². The average molecular weight is 367 g/mol. The lowest BCUT2D eigenvalue weighted by Crippen LogP contribution is -2.46. The van der Waals surface area contributed by atoms with Gasteiger partial charge in [0.2, 0.25) is 5.91 Å². The third-order valence-electron chi connectivity index (χ3n) is 1.86. The van der Waals surface area contributed by atoms with Gasteiger partial charge in [0.15, 0.2) is 5.11 Å². The molecule has 0 heterocycles. The number of rotatable bonds is 2. The van der Waals surface area contributed by atoms with Crippen LogP contribution in [0.25, 0.3) is 0 Å². The van der Waals surface area contributed by atoms with Crippen molar-refractivity contribution in [2.45, 2.75) is 6.42 Å². The average Bonchev–Trinajstić information content (AvgIpc) is 2.20. The van der Waals surface area contributed by atoms with E-state index in [0.717, 1.165) is 19.5 Å². The van der Waals surface area contributed by atoms with Crippen LogP contribution in [0.4, 0.5) is 0 Å². The molecule has 1 aromatic rings. The Bertz CT molecular complexity index is 439. The molecule has 0 fully saturated rings. The van der Waals surface area contributed by atoms with Crippen LogP contribution >= 0.6 is 44.1 Å². The molecular weight excluding hydrogens is 358 g/mol. The fourth-order valence-corrected chi connectivity index (χ4v) is 2.33. The summed E-state index contributed by atoms with van der Waals surface area (Å²) in [6.45, 7) is 0. The second kappa shape index (κ2) is 5.72. The van der Waals surface area contributed by atoms with Gasteiger partial charge in [0.25, 0.3) is 0 Å². The fourth-order valence-electron chi connectivity index (χ4n) is 1.04. The minimum Gasteiger partial charge on any atom is -0.375 e. The summed E-state index contributed by atoms with van der Waals surface area (Å²) in [5.74, 6) is 5.03. The van der Waals surface area contributed by atoms with Crippen LogP contribution in [0.2, 0.25) is 0 Å². The summed E-state index contributed by atoms with van der Waals surface area (Å²) in [6, 6.07) is 5.51. The van der Waals surface area contributed by atoms with Gasteiger partial charge in [-0.25, -0.2) is 10.9 Å². The van der Waals surface area contributed by atoms with Crippen LogP contribution < -0.4 is 11.6 Å². The van der Waals surface area contributed by atoms with Crippen molar-refractivity contribution >= 4 is 55.1 Å². The van der Waals surface area contributed by atoms with Crippen molar-refractivity contribution in [3.05, 3.63) is 32.7 Å².